The first-order valence-corrected chi connectivity index (χ1v) is 9.07. The van der Waals surface area contributed by atoms with E-state index >= 15 is 0 Å². The lowest BCUT2D eigenvalue weighted by Gasteiger charge is -2.61. The number of hydrogen-bond donors (Lipinski definition) is 1. The molecule has 1 N–H and O–H groups in total. The minimum absolute atomic E-state index is 0.286. The average molecular weight is 275 g/mol. The highest BCUT2D eigenvalue weighted by Crippen LogP contribution is 2.57. The van der Waals surface area contributed by atoms with E-state index in [4.69, 9.17) is 4.74 Å². The summed E-state index contributed by atoms with van der Waals surface area (Å²) in [5.41, 5.74) is 0.376. The van der Waals surface area contributed by atoms with Crippen LogP contribution in [0.5, 0.6) is 0 Å². The normalized spacial score (nSPS) is 29.9. The van der Waals surface area contributed by atoms with Crippen LogP contribution in [0, 0.1) is 5.41 Å². The van der Waals surface area contributed by atoms with E-state index in [0.717, 1.165) is 19.6 Å². The highest BCUT2D eigenvalue weighted by atomic mass is 32.2. The van der Waals surface area contributed by atoms with Crippen LogP contribution in [0.25, 0.3) is 0 Å². The van der Waals surface area contributed by atoms with Crippen LogP contribution in [0.15, 0.2) is 0 Å². The maximum absolute atomic E-state index is 11.0. The Morgan fingerprint density at radius 2 is 2.11 bits per heavy atom. The SMILES string of the molecule is CCOC1CC(NCCCS(C)(=O)=O)C12CCC2. The third kappa shape index (κ3) is 2.89. The summed E-state index contributed by atoms with van der Waals surface area (Å²) in [4.78, 5) is 0. The molecule has 106 valence electrons. The van der Waals surface area contributed by atoms with Crippen LogP contribution in [0.4, 0.5) is 0 Å². The van der Waals surface area contributed by atoms with Crippen LogP contribution in [0.2, 0.25) is 0 Å². The zero-order valence-corrected chi connectivity index (χ0v) is 12.3. The van der Waals surface area contributed by atoms with Crippen molar-refractivity contribution < 1.29 is 13.2 Å². The predicted octanol–water partition coefficient (Wildman–Crippen LogP) is 1.36. The van der Waals surface area contributed by atoms with Gasteiger partial charge in [-0.25, -0.2) is 8.42 Å². The summed E-state index contributed by atoms with van der Waals surface area (Å²) in [6.45, 7) is 3.66. The molecule has 2 atom stereocenters. The first-order chi connectivity index (χ1) is 8.48. The van der Waals surface area contributed by atoms with Crippen LogP contribution < -0.4 is 5.32 Å². The van der Waals surface area contributed by atoms with Gasteiger partial charge in [0, 0.05) is 24.3 Å². The van der Waals surface area contributed by atoms with E-state index in [1.54, 1.807) is 0 Å². The molecule has 2 aliphatic rings. The van der Waals surface area contributed by atoms with Crippen LogP contribution >= 0.6 is 0 Å². The van der Waals surface area contributed by atoms with E-state index in [0.29, 0.717) is 24.0 Å². The molecule has 0 aromatic carbocycles. The van der Waals surface area contributed by atoms with Gasteiger partial charge in [-0.05, 0) is 39.2 Å². The fraction of sp³-hybridized carbons (Fsp3) is 1.00. The second-order valence-corrected chi connectivity index (χ2v) is 8.02. The molecule has 0 bridgehead atoms. The number of rotatable bonds is 7. The Kier molecular flexibility index (Phi) is 4.34. The molecule has 2 fully saturated rings. The molecular formula is C13H25NO3S. The predicted molar refractivity (Wildman–Crippen MR) is 72.4 cm³/mol. The largest absolute Gasteiger partial charge is 0.378 e. The second-order valence-electron chi connectivity index (χ2n) is 5.76. The Balaban J connectivity index is 1.71. The summed E-state index contributed by atoms with van der Waals surface area (Å²) in [5.74, 6) is 0.286. The fourth-order valence-electron chi connectivity index (χ4n) is 3.34. The highest BCUT2D eigenvalue weighted by molar-refractivity contribution is 7.90. The van der Waals surface area contributed by atoms with E-state index in [-0.39, 0.29) is 5.75 Å². The van der Waals surface area contributed by atoms with Crippen molar-refractivity contribution in [3.8, 4) is 0 Å². The van der Waals surface area contributed by atoms with Gasteiger partial charge in [-0.1, -0.05) is 6.42 Å². The van der Waals surface area contributed by atoms with Crippen molar-refractivity contribution in [2.45, 2.75) is 51.2 Å². The van der Waals surface area contributed by atoms with Crippen molar-refractivity contribution in [1.82, 2.24) is 5.32 Å². The molecule has 0 saturated heterocycles. The maximum Gasteiger partial charge on any atom is 0.147 e. The van der Waals surface area contributed by atoms with Gasteiger partial charge in [0.15, 0.2) is 0 Å². The van der Waals surface area contributed by atoms with Gasteiger partial charge in [-0.15, -0.1) is 0 Å². The van der Waals surface area contributed by atoms with E-state index < -0.39 is 9.84 Å². The maximum atomic E-state index is 11.0. The molecule has 18 heavy (non-hydrogen) atoms. The molecule has 4 nitrogen and oxygen atoms in total. The topological polar surface area (TPSA) is 55.4 Å². The van der Waals surface area contributed by atoms with Gasteiger partial charge in [0.1, 0.15) is 9.84 Å². The third-order valence-electron chi connectivity index (χ3n) is 4.52. The van der Waals surface area contributed by atoms with Gasteiger partial charge < -0.3 is 10.1 Å². The fourth-order valence-corrected chi connectivity index (χ4v) is 4.00. The molecule has 5 heteroatoms. The van der Waals surface area contributed by atoms with Crippen molar-refractivity contribution in [2.75, 3.05) is 25.2 Å². The van der Waals surface area contributed by atoms with E-state index in [1.165, 1.54) is 25.5 Å². The van der Waals surface area contributed by atoms with Crippen LogP contribution in [-0.2, 0) is 14.6 Å². The first-order valence-electron chi connectivity index (χ1n) is 7.00. The molecule has 2 rings (SSSR count). The molecule has 2 saturated carbocycles. The van der Waals surface area contributed by atoms with Crippen molar-refractivity contribution in [3.63, 3.8) is 0 Å². The standard InChI is InChI=1S/C13H25NO3S/c1-3-17-12-10-11(13(12)6-4-7-13)14-8-5-9-18(2,15)16/h11-12,14H,3-10H2,1-2H3. The van der Waals surface area contributed by atoms with Gasteiger partial charge in [0.25, 0.3) is 0 Å². The summed E-state index contributed by atoms with van der Waals surface area (Å²) < 4.78 is 27.9. The Morgan fingerprint density at radius 3 is 2.61 bits per heavy atom. The summed E-state index contributed by atoms with van der Waals surface area (Å²) in [6, 6.07) is 0.544. The quantitative estimate of drug-likeness (QED) is 0.713. The smallest absolute Gasteiger partial charge is 0.147 e. The summed E-state index contributed by atoms with van der Waals surface area (Å²) >= 11 is 0. The number of ether oxygens (including phenoxy) is 1. The summed E-state index contributed by atoms with van der Waals surface area (Å²) in [5, 5.41) is 3.53. The molecule has 2 unspecified atom stereocenters. The van der Waals surface area contributed by atoms with Gasteiger partial charge in [-0.3, -0.25) is 0 Å². The summed E-state index contributed by atoms with van der Waals surface area (Å²) in [6.07, 6.45) is 7.38. The van der Waals surface area contributed by atoms with Crippen molar-refractivity contribution >= 4 is 9.84 Å². The zero-order valence-electron chi connectivity index (χ0n) is 11.4. The molecular weight excluding hydrogens is 250 g/mol. The zero-order chi connectivity index (χ0) is 13.2. The van der Waals surface area contributed by atoms with Gasteiger partial charge >= 0.3 is 0 Å². The second kappa shape index (κ2) is 5.47. The lowest BCUT2D eigenvalue weighted by molar-refractivity contribution is -0.172. The third-order valence-corrected chi connectivity index (χ3v) is 5.55. The number of nitrogens with one attached hydrogen (secondary N) is 1. The molecule has 0 radical (unpaired) electrons. The van der Waals surface area contributed by atoms with E-state index in [1.807, 2.05) is 0 Å². The highest BCUT2D eigenvalue weighted by Gasteiger charge is 2.58. The Hall–Kier alpha value is -0.130. The van der Waals surface area contributed by atoms with Gasteiger partial charge in [-0.2, -0.15) is 0 Å². The lowest BCUT2D eigenvalue weighted by atomic mass is 9.51. The Labute approximate surface area is 110 Å². The molecule has 2 aliphatic carbocycles. The lowest BCUT2D eigenvalue weighted by Crippen LogP contribution is -2.67. The number of sulfone groups is 1. The minimum atomic E-state index is -2.82. The summed E-state index contributed by atoms with van der Waals surface area (Å²) in [7, 11) is -2.82. The minimum Gasteiger partial charge on any atom is -0.378 e. The Bertz CT molecular complexity index is 376. The average Bonchev–Trinajstić information content (AvgIpc) is 2.17. The van der Waals surface area contributed by atoms with Crippen molar-refractivity contribution in [3.05, 3.63) is 0 Å². The van der Waals surface area contributed by atoms with E-state index in [9.17, 15) is 8.42 Å². The monoisotopic (exact) mass is 275 g/mol. The van der Waals surface area contributed by atoms with Crippen LogP contribution in [0.3, 0.4) is 0 Å². The molecule has 0 aliphatic heterocycles. The molecule has 0 heterocycles. The van der Waals surface area contributed by atoms with Crippen molar-refractivity contribution in [2.24, 2.45) is 5.41 Å². The van der Waals surface area contributed by atoms with Crippen LogP contribution in [-0.4, -0.2) is 45.7 Å². The molecule has 0 aromatic rings. The van der Waals surface area contributed by atoms with E-state index in [2.05, 4.69) is 12.2 Å². The van der Waals surface area contributed by atoms with Gasteiger partial charge in [0.05, 0.1) is 11.9 Å². The van der Waals surface area contributed by atoms with Crippen LogP contribution in [0.1, 0.15) is 39.0 Å². The number of hydrogen-bond acceptors (Lipinski definition) is 4. The molecule has 0 aromatic heterocycles. The van der Waals surface area contributed by atoms with Gasteiger partial charge in [0.2, 0.25) is 0 Å². The first kappa shape index (κ1) is 14.3. The Morgan fingerprint density at radius 1 is 1.39 bits per heavy atom. The molecule has 1 spiro atoms. The molecule has 0 amide bonds. The van der Waals surface area contributed by atoms with Crippen molar-refractivity contribution in [1.29, 1.82) is 0 Å².